The molecule has 0 aromatic heterocycles. The van der Waals surface area contributed by atoms with E-state index in [1.807, 2.05) is 60.7 Å². The normalized spacial score (nSPS) is 22.0. The number of aliphatic imine (C=N–C) groups is 2. The third-order valence-corrected chi connectivity index (χ3v) is 5.01. The van der Waals surface area contributed by atoms with Gasteiger partial charge in [0.2, 0.25) is 12.2 Å². The van der Waals surface area contributed by atoms with Crippen LogP contribution in [0.1, 0.15) is 36.8 Å². The largest absolute Gasteiger partial charge is 0.237 e. The van der Waals surface area contributed by atoms with E-state index >= 15 is 0 Å². The van der Waals surface area contributed by atoms with Gasteiger partial charge in [-0.1, -0.05) is 67.1 Å². The first-order valence-electron chi connectivity index (χ1n) is 8.08. The summed E-state index contributed by atoms with van der Waals surface area (Å²) in [4.78, 5) is 30.6. The van der Waals surface area contributed by atoms with Gasteiger partial charge in [0.1, 0.15) is 0 Å². The van der Waals surface area contributed by atoms with Crippen molar-refractivity contribution < 1.29 is 9.59 Å². The molecular formula is C20H18N2O2. The summed E-state index contributed by atoms with van der Waals surface area (Å²) < 4.78 is 0. The van der Waals surface area contributed by atoms with E-state index in [4.69, 9.17) is 0 Å². The van der Waals surface area contributed by atoms with E-state index in [2.05, 4.69) is 9.98 Å². The van der Waals surface area contributed by atoms with Crippen molar-refractivity contribution in [2.75, 3.05) is 0 Å². The number of benzene rings is 2. The topological polar surface area (TPSA) is 58.9 Å². The second kappa shape index (κ2) is 6.76. The second-order valence-electron chi connectivity index (χ2n) is 6.07. The summed E-state index contributed by atoms with van der Waals surface area (Å²) >= 11 is 0. The van der Waals surface area contributed by atoms with Gasteiger partial charge in [0.15, 0.2) is 5.66 Å². The molecule has 1 aliphatic carbocycles. The molecule has 1 fully saturated rings. The maximum Gasteiger partial charge on any atom is 0.237 e. The van der Waals surface area contributed by atoms with Crippen LogP contribution in [-0.4, -0.2) is 17.8 Å². The minimum absolute atomic E-state index is 0.515. The minimum atomic E-state index is -1.20. The molecule has 0 radical (unpaired) electrons. The van der Waals surface area contributed by atoms with Gasteiger partial charge in [0.05, 0.1) is 5.41 Å². The van der Waals surface area contributed by atoms with Crippen LogP contribution < -0.4 is 0 Å². The van der Waals surface area contributed by atoms with Crippen LogP contribution in [0.4, 0.5) is 0 Å². The standard InChI is InChI=1S/C20H18N2O2/c23-15-21-20(22-16-24)14-8-7-13-19(20,17-9-3-1-4-10-17)18-11-5-2-6-12-18/h1-6,9-12H,7-8,13-14H2. The summed E-state index contributed by atoms with van der Waals surface area (Å²) in [6.45, 7) is 0. The highest BCUT2D eigenvalue weighted by molar-refractivity contribution is 5.50. The van der Waals surface area contributed by atoms with Gasteiger partial charge >= 0.3 is 0 Å². The van der Waals surface area contributed by atoms with Crippen molar-refractivity contribution in [1.29, 1.82) is 0 Å². The first-order valence-corrected chi connectivity index (χ1v) is 8.08. The Balaban J connectivity index is 2.38. The molecule has 0 spiro atoms. The molecular weight excluding hydrogens is 300 g/mol. The molecule has 0 heterocycles. The highest BCUT2D eigenvalue weighted by atomic mass is 16.1. The van der Waals surface area contributed by atoms with Crippen LogP contribution in [-0.2, 0) is 15.0 Å². The van der Waals surface area contributed by atoms with Gasteiger partial charge in [0.25, 0.3) is 0 Å². The van der Waals surface area contributed by atoms with Crippen molar-refractivity contribution in [2.45, 2.75) is 36.8 Å². The number of isocyanates is 2. The zero-order valence-corrected chi connectivity index (χ0v) is 13.3. The van der Waals surface area contributed by atoms with Gasteiger partial charge in [-0.05, 0) is 30.4 Å². The molecule has 0 N–H and O–H groups in total. The lowest BCUT2D eigenvalue weighted by atomic mass is 9.59. The Morgan fingerprint density at radius 2 is 1.17 bits per heavy atom. The lowest BCUT2D eigenvalue weighted by Gasteiger charge is -2.48. The number of hydrogen-bond acceptors (Lipinski definition) is 4. The number of hydrogen-bond donors (Lipinski definition) is 0. The van der Waals surface area contributed by atoms with E-state index in [0.29, 0.717) is 6.42 Å². The smallest absolute Gasteiger partial charge is 0.211 e. The Morgan fingerprint density at radius 1 is 0.708 bits per heavy atom. The zero-order valence-electron chi connectivity index (χ0n) is 13.3. The van der Waals surface area contributed by atoms with Crippen LogP contribution >= 0.6 is 0 Å². The Morgan fingerprint density at radius 3 is 1.62 bits per heavy atom. The summed E-state index contributed by atoms with van der Waals surface area (Å²) in [6.07, 6.45) is 6.39. The number of nitrogens with zero attached hydrogens (tertiary/aromatic N) is 2. The maximum absolute atomic E-state index is 11.2. The van der Waals surface area contributed by atoms with Crippen LogP contribution in [0.25, 0.3) is 0 Å². The average Bonchev–Trinajstić information content (AvgIpc) is 2.64. The quantitative estimate of drug-likeness (QED) is 0.634. The molecule has 0 aliphatic heterocycles. The van der Waals surface area contributed by atoms with Crippen LogP contribution in [0.5, 0.6) is 0 Å². The molecule has 0 atom stereocenters. The SMILES string of the molecule is O=C=NC1(N=C=O)CCCCC1(c1ccccc1)c1ccccc1. The average molecular weight is 318 g/mol. The molecule has 1 aliphatic rings. The summed E-state index contributed by atoms with van der Waals surface area (Å²) in [5, 5.41) is 0. The molecule has 4 nitrogen and oxygen atoms in total. The number of rotatable bonds is 4. The Labute approximate surface area is 141 Å². The molecule has 2 aromatic carbocycles. The van der Waals surface area contributed by atoms with Crippen LogP contribution in [0.15, 0.2) is 70.6 Å². The molecule has 0 bridgehead atoms. The van der Waals surface area contributed by atoms with E-state index in [-0.39, 0.29) is 0 Å². The van der Waals surface area contributed by atoms with Gasteiger partial charge in [-0.3, -0.25) is 0 Å². The van der Waals surface area contributed by atoms with E-state index in [1.54, 1.807) is 12.2 Å². The predicted molar refractivity (Wildman–Crippen MR) is 91.1 cm³/mol. The van der Waals surface area contributed by atoms with Crippen molar-refractivity contribution in [3.63, 3.8) is 0 Å². The first-order chi connectivity index (χ1) is 11.8. The third kappa shape index (κ3) is 2.43. The Hall–Kier alpha value is -2.80. The maximum atomic E-state index is 11.2. The zero-order chi connectivity index (χ0) is 16.9. The van der Waals surface area contributed by atoms with E-state index in [1.165, 1.54) is 0 Å². The number of carbonyl (C=O) groups excluding carboxylic acids is 2. The van der Waals surface area contributed by atoms with Gasteiger partial charge in [0, 0.05) is 0 Å². The van der Waals surface area contributed by atoms with Crippen molar-refractivity contribution >= 4 is 12.2 Å². The summed E-state index contributed by atoms with van der Waals surface area (Å²) in [5.41, 5.74) is 0.114. The fourth-order valence-electron chi connectivity index (χ4n) is 4.02. The minimum Gasteiger partial charge on any atom is -0.211 e. The summed E-state index contributed by atoms with van der Waals surface area (Å²) in [7, 11) is 0. The molecule has 0 unspecified atom stereocenters. The molecule has 3 rings (SSSR count). The highest BCUT2D eigenvalue weighted by Gasteiger charge is 2.56. The van der Waals surface area contributed by atoms with E-state index in [0.717, 1.165) is 30.4 Å². The molecule has 0 saturated heterocycles. The molecule has 0 amide bonds. The third-order valence-electron chi connectivity index (χ3n) is 5.01. The van der Waals surface area contributed by atoms with E-state index in [9.17, 15) is 9.59 Å². The van der Waals surface area contributed by atoms with Crippen LogP contribution in [0, 0.1) is 0 Å². The van der Waals surface area contributed by atoms with Gasteiger partial charge < -0.3 is 0 Å². The van der Waals surface area contributed by atoms with E-state index < -0.39 is 11.1 Å². The highest BCUT2D eigenvalue weighted by Crippen LogP contribution is 2.53. The molecule has 24 heavy (non-hydrogen) atoms. The second-order valence-corrected chi connectivity index (χ2v) is 6.07. The lowest BCUT2D eigenvalue weighted by molar-refractivity contribution is 0.189. The predicted octanol–water partition coefficient (Wildman–Crippen LogP) is 3.91. The van der Waals surface area contributed by atoms with Crippen molar-refractivity contribution in [2.24, 2.45) is 9.98 Å². The van der Waals surface area contributed by atoms with Gasteiger partial charge in [-0.15, -0.1) is 0 Å². The van der Waals surface area contributed by atoms with Crippen LogP contribution in [0.2, 0.25) is 0 Å². The molecule has 120 valence electrons. The molecule has 1 saturated carbocycles. The van der Waals surface area contributed by atoms with Crippen molar-refractivity contribution in [1.82, 2.24) is 0 Å². The molecule has 4 heteroatoms. The molecule has 2 aromatic rings. The fraction of sp³-hybridized carbons (Fsp3) is 0.300. The Bertz CT molecular complexity index is 731. The summed E-state index contributed by atoms with van der Waals surface area (Å²) in [6, 6.07) is 19.7. The lowest BCUT2D eigenvalue weighted by Crippen LogP contribution is -2.52. The van der Waals surface area contributed by atoms with Gasteiger partial charge in [-0.25, -0.2) is 9.59 Å². The first kappa shape index (κ1) is 16.1. The Kier molecular flexibility index (Phi) is 4.52. The van der Waals surface area contributed by atoms with Crippen molar-refractivity contribution in [3.8, 4) is 0 Å². The van der Waals surface area contributed by atoms with Crippen LogP contribution in [0.3, 0.4) is 0 Å². The van der Waals surface area contributed by atoms with Gasteiger partial charge in [-0.2, -0.15) is 9.98 Å². The fourth-order valence-corrected chi connectivity index (χ4v) is 4.02. The summed E-state index contributed by atoms with van der Waals surface area (Å²) in [5.74, 6) is 0. The monoisotopic (exact) mass is 318 g/mol. The van der Waals surface area contributed by atoms with Crippen molar-refractivity contribution in [3.05, 3.63) is 71.8 Å².